The molecule has 0 radical (unpaired) electrons. The van der Waals surface area contributed by atoms with Crippen molar-refractivity contribution >= 4 is 63.7 Å². The third kappa shape index (κ3) is 8.94. The molecule has 17 heteroatoms. The first-order chi connectivity index (χ1) is 38.7. The Morgan fingerprint density at radius 2 is 1.20 bits per heavy atom. The lowest BCUT2D eigenvalue weighted by molar-refractivity contribution is -0.0575. The highest BCUT2D eigenvalue weighted by Crippen LogP contribution is 2.47. The summed E-state index contributed by atoms with van der Waals surface area (Å²) in [5, 5.41) is 39.3. The number of carbonyl (C=O) groups excluding carboxylic acids is 3. The molecule has 12 rings (SSSR count). The Balaban J connectivity index is 0.815. The van der Waals surface area contributed by atoms with Crippen LogP contribution in [0.1, 0.15) is 67.9 Å². The van der Waals surface area contributed by atoms with Gasteiger partial charge in [-0.2, -0.15) is 0 Å². The number of H-pyrrole nitrogens is 2. The number of nitrogens with one attached hydrogen (secondary N) is 3. The number of aromatic nitrogens is 4. The van der Waals surface area contributed by atoms with E-state index < -0.39 is 41.2 Å². The van der Waals surface area contributed by atoms with Crippen LogP contribution in [0.2, 0.25) is 0 Å². The number of carboxylic acid groups (broad SMARTS) is 1. The normalized spacial score (nSPS) is 17.1. The molecule has 0 saturated carbocycles. The van der Waals surface area contributed by atoms with Crippen molar-refractivity contribution in [3.63, 3.8) is 0 Å². The van der Waals surface area contributed by atoms with E-state index in [1.54, 1.807) is 105 Å². The Bertz CT molecular complexity index is 4020. The van der Waals surface area contributed by atoms with Crippen LogP contribution in [0.5, 0.6) is 0 Å². The molecule has 3 atom stereocenters. The standard InChI is InChI=1S/C63H52N8O9/c1-61(2,38-80-59(74)68-57-64-50-31-29-43(34-52(50)65-57)62(77)48-27-14-12-25-46(48)54(72)69(62)36-39-17-6-3-7-18-39)56(79-37-40-19-8-4-9-20-40)70(60(75)76)58-66-51-32-30-44(35-53(51)67-58)63(78)49-28-15-13-26-47(49)55(73)71(63)45-24-16-23-42(33-45)41-21-10-5-11-22-41/h3-35,56,77-78H,36-38H2,1-2H3,(H,66,67)(H,75,76)(H2,64,65,68,74). The number of anilines is 3. The molecule has 6 N–H and O–H groups in total. The zero-order valence-electron chi connectivity index (χ0n) is 43.3. The number of aromatic amines is 2. The van der Waals surface area contributed by atoms with Gasteiger partial charge in [-0.3, -0.25) is 24.7 Å². The summed E-state index contributed by atoms with van der Waals surface area (Å²) in [7, 11) is 0. The predicted molar refractivity (Wildman–Crippen MR) is 300 cm³/mol. The lowest BCUT2D eigenvalue weighted by atomic mass is 9.91. The summed E-state index contributed by atoms with van der Waals surface area (Å²) in [4.78, 5) is 74.8. The van der Waals surface area contributed by atoms with E-state index in [1.807, 2.05) is 109 Å². The smallest absolute Gasteiger partial charge is 0.416 e. The minimum Gasteiger partial charge on any atom is -0.465 e. The van der Waals surface area contributed by atoms with Crippen LogP contribution in [0.4, 0.5) is 27.2 Å². The maximum atomic E-state index is 14.4. The molecule has 0 bridgehead atoms. The van der Waals surface area contributed by atoms with Crippen molar-refractivity contribution in [2.75, 3.05) is 21.7 Å². The minimum absolute atomic E-state index is 0.0283. The SMILES string of the molecule is CC(C)(COC(=O)Nc1nc2ccc(C3(O)c4ccccc4C(=O)N3Cc3ccccc3)cc2[nH]1)C(OCc1ccccc1)N(C(=O)O)c1nc2ccc(C3(O)c4ccccc4C(=O)N3c3cccc(-c4ccccc4)c3)cc2[nH]1. The monoisotopic (exact) mass is 1060 g/mol. The second kappa shape index (κ2) is 20.1. The van der Waals surface area contributed by atoms with Gasteiger partial charge in [-0.1, -0.05) is 166 Å². The van der Waals surface area contributed by atoms with Gasteiger partial charge in [0.2, 0.25) is 11.9 Å². The first-order valence-corrected chi connectivity index (χ1v) is 25.8. The average molecular weight is 1070 g/mol. The van der Waals surface area contributed by atoms with Gasteiger partial charge in [-0.15, -0.1) is 0 Å². The molecule has 2 aliphatic rings. The summed E-state index contributed by atoms with van der Waals surface area (Å²) in [5.74, 6) is -0.824. The molecule has 398 valence electrons. The van der Waals surface area contributed by atoms with Crippen molar-refractivity contribution in [2.45, 2.75) is 44.7 Å². The van der Waals surface area contributed by atoms with Gasteiger partial charge >= 0.3 is 12.2 Å². The van der Waals surface area contributed by atoms with Gasteiger partial charge in [0, 0.05) is 51.0 Å². The van der Waals surface area contributed by atoms with Crippen LogP contribution in [0, 0.1) is 5.41 Å². The molecule has 0 fully saturated rings. The minimum atomic E-state index is -2.00. The fourth-order valence-electron chi connectivity index (χ4n) is 10.8. The number of benzene rings is 8. The fraction of sp³-hybridized carbons (Fsp3) is 0.143. The molecule has 2 aromatic heterocycles. The van der Waals surface area contributed by atoms with Crippen LogP contribution in [0.25, 0.3) is 33.2 Å². The van der Waals surface area contributed by atoms with Crippen LogP contribution < -0.4 is 15.1 Å². The molecule has 8 aromatic carbocycles. The maximum Gasteiger partial charge on any atom is 0.416 e. The van der Waals surface area contributed by atoms with Crippen LogP contribution in [0.3, 0.4) is 0 Å². The van der Waals surface area contributed by atoms with Gasteiger partial charge in [0.15, 0.2) is 17.7 Å². The van der Waals surface area contributed by atoms with E-state index in [2.05, 4.69) is 20.3 Å². The summed E-state index contributed by atoms with van der Waals surface area (Å²) < 4.78 is 12.3. The van der Waals surface area contributed by atoms with Gasteiger partial charge in [-0.25, -0.2) is 24.5 Å². The number of fused-ring (bicyclic) bond motifs is 4. The van der Waals surface area contributed by atoms with E-state index in [4.69, 9.17) is 14.5 Å². The number of rotatable bonds is 15. The van der Waals surface area contributed by atoms with Crippen molar-refractivity contribution in [3.05, 3.63) is 245 Å². The van der Waals surface area contributed by atoms with E-state index in [-0.39, 0.29) is 37.6 Å². The van der Waals surface area contributed by atoms with Gasteiger partial charge in [0.05, 0.1) is 28.7 Å². The number of ether oxygens (including phenoxy) is 2. The summed E-state index contributed by atoms with van der Waals surface area (Å²) in [6.45, 7) is 3.13. The number of nitrogens with zero attached hydrogens (tertiary/aromatic N) is 5. The van der Waals surface area contributed by atoms with Gasteiger partial charge in [0.25, 0.3) is 11.8 Å². The molecule has 0 aliphatic carbocycles. The number of hydrogen-bond donors (Lipinski definition) is 6. The first-order valence-electron chi connectivity index (χ1n) is 25.8. The van der Waals surface area contributed by atoms with E-state index in [9.17, 15) is 34.5 Å². The zero-order chi connectivity index (χ0) is 55.3. The molecule has 2 aliphatic heterocycles. The van der Waals surface area contributed by atoms with Gasteiger partial charge in [0.1, 0.15) is 6.61 Å². The summed E-state index contributed by atoms with van der Waals surface area (Å²) in [6, 6.07) is 59.5. The first kappa shape index (κ1) is 50.9. The highest BCUT2D eigenvalue weighted by molar-refractivity contribution is 6.13. The number of carbonyl (C=O) groups is 4. The maximum absolute atomic E-state index is 14.4. The zero-order valence-corrected chi connectivity index (χ0v) is 43.3. The Hall–Kier alpha value is -9.94. The van der Waals surface area contributed by atoms with Crippen molar-refractivity contribution in [1.29, 1.82) is 0 Å². The van der Waals surface area contributed by atoms with Gasteiger partial charge < -0.3 is 34.8 Å². The largest absolute Gasteiger partial charge is 0.465 e. The third-order valence-corrected chi connectivity index (χ3v) is 14.8. The molecule has 17 nitrogen and oxygen atoms in total. The summed E-state index contributed by atoms with van der Waals surface area (Å²) in [5.41, 5.74) is 2.52. The number of amides is 4. The third-order valence-electron chi connectivity index (χ3n) is 14.8. The lowest BCUT2D eigenvalue weighted by Gasteiger charge is -2.38. The van der Waals surface area contributed by atoms with E-state index in [1.165, 1.54) is 9.80 Å². The number of aliphatic hydroxyl groups is 2. The van der Waals surface area contributed by atoms with Crippen molar-refractivity contribution < 1.29 is 44.0 Å². The Labute approximate surface area is 458 Å². The topological polar surface area (TPSA) is 227 Å². The molecular weight excluding hydrogens is 1010 g/mol. The molecule has 80 heavy (non-hydrogen) atoms. The van der Waals surface area contributed by atoms with E-state index in [0.29, 0.717) is 61.1 Å². The fourth-order valence-corrected chi connectivity index (χ4v) is 10.8. The summed E-state index contributed by atoms with van der Waals surface area (Å²) >= 11 is 0. The quantitative estimate of drug-likeness (QED) is 0.0529. The summed E-state index contributed by atoms with van der Waals surface area (Å²) in [6.07, 6.45) is -3.68. The highest BCUT2D eigenvalue weighted by atomic mass is 16.6. The molecule has 4 amide bonds. The second-order valence-corrected chi connectivity index (χ2v) is 20.5. The Morgan fingerprint density at radius 3 is 1.88 bits per heavy atom. The molecule has 4 heterocycles. The van der Waals surface area contributed by atoms with Gasteiger partial charge in [-0.05, 0) is 70.8 Å². The van der Waals surface area contributed by atoms with Crippen LogP contribution >= 0.6 is 0 Å². The van der Waals surface area contributed by atoms with E-state index >= 15 is 0 Å². The van der Waals surface area contributed by atoms with Crippen molar-refractivity contribution in [1.82, 2.24) is 24.8 Å². The van der Waals surface area contributed by atoms with Crippen molar-refractivity contribution in [2.24, 2.45) is 5.41 Å². The van der Waals surface area contributed by atoms with Crippen LogP contribution in [-0.2, 0) is 34.1 Å². The van der Waals surface area contributed by atoms with Crippen molar-refractivity contribution in [3.8, 4) is 11.1 Å². The number of imidazole rings is 2. The predicted octanol–water partition coefficient (Wildman–Crippen LogP) is 11.1. The Morgan fingerprint density at radius 1 is 0.637 bits per heavy atom. The lowest BCUT2D eigenvalue weighted by Crippen LogP contribution is -2.52. The molecular formula is C63H52N8O9. The van der Waals surface area contributed by atoms with Crippen LogP contribution in [-0.4, -0.2) is 77.0 Å². The Kier molecular flexibility index (Phi) is 12.8. The highest BCUT2D eigenvalue weighted by Gasteiger charge is 2.52. The average Bonchev–Trinajstić information content (AvgIpc) is 4.25. The molecule has 0 spiro atoms. The number of hydrogen-bond acceptors (Lipinski definition) is 10. The molecule has 0 saturated heterocycles. The van der Waals surface area contributed by atoms with E-state index in [0.717, 1.165) is 27.2 Å². The van der Waals surface area contributed by atoms with Crippen LogP contribution in [0.15, 0.2) is 200 Å². The molecule has 3 unspecified atom stereocenters. The molecule has 10 aromatic rings. The second-order valence-electron chi connectivity index (χ2n) is 20.5.